The minimum atomic E-state index is 0.131. The van der Waals surface area contributed by atoms with Gasteiger partial charge in [0.05, 0.1) is 11.0 Å². The summed E-state index contributed by atoms with van der Waals surface area (Å²) in [6.07, 6.45) is 3.54. The third-order valence-electron chi connectivity index (χ3n) is 5.43. The van der Waals surface area contributed by atoms with Gasteiger partial charge in [-0.3, -0.25) is 4.79 Å². The van der Waals surface area contributed by atoms with E-state index in [0.29, 0.717) is 6.54 Å². The number of carbonyl (C=O) groups excluding carboxylic acids is 1. The molecule has 0 aliphatic rings. The van der Waals surface area contributed by atoms with Crippen molar-refractivity contribution in [3.05, 3.63) is 65.5 Å². The van der Waals surface area contributed by atoms with Crippen LogP contribution in [-0.4, -0.2) is 22.0 Å². The van der Waals surface area contributed by atoms with Crippen molar-refractivity contribution in [2.24, 2.45) is 5.92 Å². The van der Waals surface area contributed by atoms with Crippen LogP contribution in [0.25, 0.3) is 11.0 Å². The summed E-state index contributed by atoms with van der Waals surface area (Å²) in [5, 5.41) is 3.09. The lowest BCUT2D eigenvalue weighted by Crippen LogP contribution is -2.31. The molecule has 0 aliphatic heterocycles. The smallest absolute Gasteiger partial charge is 0.223 e. The first-order chi connectivity index (χ1) is 13.6. The second-order valence-corrected chi connectivity index (χ2v) is 7.50. The first-order valence-corrected chi connectivity index (χ1v) is 10.4. The number of carbonyl (C=O) groups is 1. The minimum Gasteiger partial charge on any atom is -0.356 e. The summed E-state index contributed by atoms with van der Waals surface area (Å²) in [5.74, 6) is 1.39. The summed E-state index contributed by atoms with van der Waals surface area (Å²) in [4.78, 5) is 17.0. The molecule has 0 bridgehead atoms. The number of hydrogen-bond acceptors (Lipinski definition) is 2. The number of para-hydroxylation sites is 2. The van der Waals surface area contributed by atoms with E-state index in [1.54, 1.807) is 0 Å². The number of aromatic nitrogens is 2. The molecular weight excluding hydrogens is 346 g/mol. The zero-order valence-corrected chi connectivity index (χ0v) is 17.2. The molecule has 0 atom stereocenters. The maximum atomic E-state index is 12.2. The number of benzene rings is 2. The van der Waals surface area contributed by atoms with E-state index >= 15 is 0 Å². The standard InChI is InChI=1S/C24H31N3O/c1-4-20(5-2)24(28)25-16-8-11-23-26-21-9-6-7-10-22(21)27(23)17-19-14-12-18(3)13-15-19/h6-7,9-10,12-15,20H,4-5,8,11,16-17H2,1-3H3,(H,25,28). The number of imidazole rings is 1. The molecule has 0 spiro atoms. The highest BCUT2D eigenvalue weighted by atomic mass is 16.1. The molecule has 1 N–H and O–H groups in total. The number of amides is 1. The molecule has 28 heavy (non-hydrogen) atoms. The van der Waals surface area contributed by atoms with E-state index in [9.17, 15) is 4.79 Å². The number of aryl methyl sites for hydroxylation is 2. The molecule has 0 saturated carbocycles. The molecule has 3 rings (SSSR count). The van der Waals surface area contributed by atoms with Crippen LogP contribution >= 0.6 is 0 Å². The summed E-state index contributed by atoms with van der Waals surface area (Å²) in [6.45, 7) is 7.76. The Labute approximate surface area is 168 Å². The number of hydrogen-bond donors (Lipinski definition) is 1. The summed E-state index contributed by atoms with van der Waals surface area (Å²) in [5.41, 5.74) is 4.74. The van der Waals surface area contributed by atoms with Gasteiger partial charge in [-0.1, -0.05) is 55.8 Å². The van der Waals surface area contributed by atoms with Gasteiger partial charge in [0, 0.05) is 25.4 Å². The van der Waals surface area contributed by atoms with E-state index in [0.717, 1.165) is 43.6 Å². The summed E-state index contributed by atoms with van der Waals surface area (Å²) in [7, 11) is 0. The van der Waals surface area contributed by atoms with Gasteiger partial charge in [-0.2, -0.15) is 0 Å². The molecule has 4 nitrogen and oxygen atoms in total. The average molecular weight is 378 g/mol. The van der Waals surface area contributed by atoms with Crippen LogP contribution in [0.5, 0.6) is 0 Å². The Balaban J connectivity index is 1.70. The fourth-order valence-corrected chi connectivity index (χ4v) is 3.63. The Kier molecular flexibility index (Phi) is 6.85. The molecule has 3 aromatic rings. The zero-order valence-electron chi connectivity index (χ0n) is 17.2. The predicted molar refractivity (Wildman–Crippen MR) is 115 cm³/mol. The van der Waals surface area contributed by atoms with Gasteiger partial charge >= 0.3 is 0 Å². The molecule has 0 unspecified atom stereocenters. The second-order valence-electron chi connectivity index (χ2n) is 7.50. The van der Waals surface area contributed by atoms with Gasteiger partial charge in [0.15, 0.2) is 0 Å². The van der Waals surface area contributed by atoms with Crippen LogP contribution in [0.4, 0.5) is 0 Å². The maximum absolute atomic E-state index is 12.2. The lowest BCUT2D eigenvalue weighted by atomic mass is 10.0. The van der Waals surface area contributed by atoms with Gasteiger partial charge in [-0.25, -0.2) is 4.98 Å². The summed E-state index contributed by atoms with van der Waals surface area (Å²) >= 11 is 0. The third-order valence-corrected chi connectivity index (χ3v) is 5.43. The van der Waals surface area contributed by atoms with E-state index in [1.165, 1.54) is 16.6 Å². The zero-order chi connectivity index (χ0) is 19.9. The fourth-order valence-electron chi connectivity index (χ4n) is 3.63. The van der Waals surface area contributed by atoms with Crippen LogP contribution in [0.2, 0.25) is 0 Å². The van der Waals surface area contributed by atoms with E-state index < -0.39 is 0 Å². The molecule has 1 heterocycles. The van der Waals surface area contributed by atoms with Crippen molar-refractivity contribution >= 4 is 16.9 Å². The number of fused-ring (bicyclic) bond motifs is 1. The molecule has 1 aromatic heterocycles. The monoisotopic (exact) mass is 377 g/mol. The Hall–Kier alpha value is -2.62. The summed E-state index contributed by atoms with van der Waals surface area (Å²) < 4.78 is 2.31. The average Bonchev–Trinajstić information content (AvgIpc) is 3.05. The van der Waals surface area contributed by atoms with Gasteiger partial charge in [-0.15, -0.1) is 0 Å². The molecule has 1 amide bonds. The van der Waals surface area contributed by atoms with Crippen LogP contribution in [0.3, 0.4) is 0 Å². The quantitative estimate of drug-likeness (QED) is 0.540. The molecule has 2 aromatic carbocycles. The van der Waals surface area contributed by atoms with E-state index in [4.69, 9.17) is 4.98 Å². The maximum Gasteiger partial charge on any atom is 0.223 e. The third kappa shape index (κ3) is 4.80. The number of nitrogens with one attached hydrogen (secondary N) is 1. The molecule has 4 heteroatoms. The van der Waals surface area contributed by atoms with E-state index in [2.05, 4.69) is 73.1 Å². The van der Waals surface area contributed by atoms with Crippen molar-refractivity contribution in [2.45, 2.75) is 53.0 Å². The number of rotatable bonds is 9. The second kappa shape index (κ2) is 9.54. The summed E-state index contributed by atoms with van der Waals surface area (Å²) in [6, 6.07) is 17.0. The van der Waals surface area contributed by atoms with Crippen molar-refractivity contribution in [1.82, 2.24) is 14.9 Å². The van der Waals surface area contributed by atoms with Crippen molar-refractivity contribution < 1.29 is 4.79 Å². The van der Waals surface area contributed by atoms with Gasteiger partial charge in [0.2, 0.25) is 5.91 Å². The molecular formula is C24H31N3O. The normalized spacial score (nSPS) is 11.3. The van der Waals surface area contributed by atoms with Crippen LogP contribution < -0.4 is 5.32 Å². The van der Waals surface area contributed by atoms with E-state index in [1.807, 2.05) is 6.07 Å². The SMILES string of the molecule is CCC(CC)C(=O)NCCCc1nc2ccccc2n1Cc1ccc(C)cc1. The topological polar surface area (TPSA) is 46.9 Å². The Morgan fingerprint density at radius 2 is 1.79 bits per heavy atom. The predicted octanol–water partition coefficient (Wildman–Crippen LogP) is 4.88. The fraction of sp³-hybridized carbons (Fsp3) is 0.417. The van der Waals surface area contributed by atoms with Crippen molar-refractivity contribution in [3.63, 3.8) is 0 Å². The lowest BCUT2D eigenvalue weighted by molar-refractivity contribution is -0.125. The first kappa shape index (κ1) is 20.1. The molecule has 0 saturated heterocycles. The van der Waals surface area contributed by atoms with Crippen molar-refractivity contribution in [1.29, 1.82) is 0 Å². The van der Waals surface area contributed by atoms with Gasteiger partial charge in [0.1, 0.15) is 5.82 Å². The highest BCUT2D eigenvalue weighted by Gasteiger charge is 2.14. The first-order valence-electron chi connectivity index (χ1n) is 10.4. The van der Waals surface area contributed by atoms with Gasteiger partial charge in [-0.05, 0) is 43.9 Å². The highest BCUT2D eigenvalue weighted by Crippen LogP contribution is 2.19. The Bertz CT molecular complexity index is 907. The minimum absolute atomic E-state index is 0.131. The van der Waals surface area contributed by atoms with Gasteiger partial charge in [0.25, 0.3) is 0 Å². The van der Waals surface area contributed by atoms with Crippen LogP contribution in [0.15, 0.2) is 48.5 Å². The Morgan fingerprint density at radius 3 is 2.50 bits per heavy atom. The van der Waals surface area contributed by atoms with Crippen molar-refractivity contribution in [2.75, 3.05) is 6.54 Å². The highest BCUT2D eigenvalue weighted by molar-refractivity contribution is 5.78. The Morgan fingerprint density at radius 1 is 1.07 bits per heavy atom. The molecule has 148 valence electrons. The van der Waals surface area contributed by atoms with Crippen LogP contribution in [-0.2, 0) is 17.8 Å². The molecule has 0 radical (unpaired) electrons. The van der Waals surface area contributed by atoms with Crippen LogP contribution in [0.1, 0.15) is 50.1 Å². The largest absolute Gasteiger partial charge is 0.356 e. The number of nitrogens with zero attached hydrogens (tertiary/aromatic N) is 2. The van der Waals surface area contributed by atoms with Gasteiger partial charge < -0.3 is 9.88 Å². The lowest BCUT2D eigenvalue weighted by Gasteiger charge is -2.13. The van der Waals surface area contributed by atoms with Crippen LogP contribution in [0, 0.1) is 12.8 Å². The molecule has 0 fully saturated rings. The van der Waals surface area contributed by atoms with E-state index in [-0.39, 0.29) is 11.8 Å². The van der Waals surface area contributed by atoms with Crippen molar-refractivity contribution in [3.8, 4) is 0 Å². The molecule has 0 aliphatic carbocycles.